The summed E-state index contributed by atoms with van der Waals surface area (Å²) in [7, 11) is 1.67. The largest absolute Gasteiger partial charge is 0.392 e. The zero-order valence-corrected chi connectivity index (χ0v) is 12.3. The minimum Gasteiger partial charge on any atom is -0.392 e. The van der Waals surface area contributed by atoms with Gasteiger partial charge in [0.15, 0.2) is 0 Å². The molecule has 0 aliphatic carbocycles. The Labute approximate surface area is 113 Å². The third kappa shape index (κ3) is 3.11. The molecule has 0 saturated carbocycles. The van der Waals surface area contributed by atoms with Crippen molar-refractivity contribution in [2.45, 2.75) is 30.6 Å². The molecule has 1 rings (SSSR count). The van der Waals surface area contributed by atoms with Gasteiger partial charge in [-0.2, -0.15) is 11.8 Å². The molecule has 1 heterocycles. The summed E-state index contributed by atoms with van der Waals surface area (Å²) in [6.07, 6.45) is 3.90. The van der Waals surface area contributed by atoms with Crippen LogP contribution in [-0.4, -0.2) is 53.0 Å². The van der Waals surface area contributed by atoms with Crippen LogP contribution in [0.3, 0.4) is 0 Å². The SMILES string of the molecule is CNC(=O)C(C)N1CCC(SC)(C(N)=S)CC1. The summed E-state index contributed by atoms with van der Waals surface area (Å²) in [6, 6.07) is -0.0776. The molecule has 0 spiro atoms. The van der Waals surface area contributed by atoms with Crippen molar-refractivity contribution in [1.29, 1.82) is 0 Å². The van der Waals surface area contributed by atoms with Gasteiger partial charge >= 0.3 is 0 Å². The van der Waals surface area contributed by atoms with Crippen molar-refractivity contribution in [3.63, 3.8) is 0 Å². The summed E-state index contributed by atoms with van der Waals surface area (Å²) in [4.78, 5) is 14.3. The number of nitrogens with zero attached hydrogens (tertiary/aromatic N) is 1. The molecule has 3 N–H and O–H groups in total. The number of piperidine rings is 1. The number of amides is 1. The summed E-state index contributed by atoms with van der Waals surface area (Å²) in [5.74, 6) is 0.0666. The van der Waals surface area contributed by atoms with Gasteiger partial charge in [-0.3, -0.25) is 9.69 Å². The average molecular weight is 275 g/mol. The topological polar surface area (TPSA) is 58.4 Å². The zero-order valence-electron chi connectivity index (χ0n) is 10.7. The number of nitrogens with two attached hydrogens (primary N) is 1. The van der Waals surface area contributed by atoms with Gasteiger partial charge in [0.2, 0.25) is 5.91 Å². The molecule has 6 heteroatoms. The maximum atomic E-state index is 11.6. The average Bonchev–Trinajstić information content (AvgIpc) is 2.36. The normalized spacial score (nSPS) is 21.8. The van der Waals surface area contributed by atoms with E-state index in [-0.39, 0.29) is 16.7 Å². The van der Waals surface area contributed by atoms with Crippen LogP contribution in [0.25, 0.3) is 0 Å². The smallest absolute Gasteiger partial charge is 0.236 e. The predicted octanol–water partition coefficient (Wildman–Crippen LogP) is 0.605. The Hall–Kier alpha value is -0.330. The maximum Gasteiger partial charge on any atom is 0.236 e. The number of nitrogens with one attached hydrogen (secondary N) is 1. The Balaban J connectivity index is 2.61. The standard InChI is InChI=1S/C11H21N3OS2/c1-8(9(15)13-2)14-6-4-11(17-3,5-7-14)10(12)16/h8H,4-7H2,1-3H3,(H2,12,16)(H,13,15). The highest BCUT2D eigenvalue weighted by atomic mass is 32.2. The molecule has 1 aliphatic rings. The molecule has 1 fully saturated rings. The van der Waals surface area contributed by atoms with E-state index in [0.717, 1.165) is 25.9 Å². The van der Waals surface area contributed by atoms with E-state index in [2.05, 4.69) is 16.5 Å². The second-order valence-electron chi connectivity index (χ2n) is 4.39. The van der Waals surface area contributed by atoms with E-state index in [9.17, 15) is 4.79 Å². The number of carbonyl (C=O) groups is 1. The molecule has 0 aromatic rings. The number of hydrogen-bond acceptors (Lipinski definition) is 4. The molecule has 4 nitrogen and oxygen atoms in total. The van der Waals surface area contributed by atoms with Gasteiger partial charge in [0.1, 0.15) is 0 Å². The van der Waals surface area contributed by atoms with E-state index in [1.54, 1.807) is 18.8 Å². The quantitative estimate of drug-likeness (QED) is 0.736. The summed E-state index contributed by atoms with van der Waals surface area (Å²) in [6.45, 7) is 3.67. The Kier molecular flexibility index (Phi) is 5.22. The van der Waals surface area contributed by atoms with Crippen molar-refractivity contribution in [1.82, 2.24) is 10.2 Å². The van der Waals surface area contributed by atoms with Crippen LogP contribution in [0, 0.1) is 0 Å². The van der Waals surface area contributed by atoms with Gasteiger partial charge in [0.05, 0.1) is 15.8 Å². The number of likely N-dealkylation sites (tertiary alicyclic amines) is 1. The number of likely N-dealkylation sites (N-methyl/N-ethyl adjacent to an activating group) is 1. The molecule has 1 atom stereocenters. The van der Waals surface area contributed by atoms with Crippen molar-refractivity contribution >= 4 is 34.9 Å². The first kappa shape index (κ1) is 14.7. The molecule has 1 saturated heterocycles. The Morgan fingerprint density at radius 2 is 2.06 bits per heavy atom. The van der Waals surface area contributed by atoms with Gasteiger partial charge in [0.25, 0.3) is 0 Å². The van der Waals surface area contributed by atoms with E-state index >= 15 is 0 Å². The first-order chi connectivity index (χ1) is 7.96. The molecule has 1 amide bonds. The lowest BCUT2D eigenvalue weighted by molar-refractivity contribution is -0.125. The maximum absolute atomic E-state index is 11.6. The minimum absolute atomic E-state index is 0.0666. The molecular weight excluding hydrogens is 254 g/mol. The lowest BCUT2D eigenvalue weighted by atomic mass is 9.94. The van der Waals surface area contributed by atoms with E-state index in [1.165, 1.54) is 0 Å². The lowest BCUT2D eigenvalue weighted by Crippen LogP contribution is -2.54. The first-order valence-electron chi connectivity index (χ1n) is 5.77. The van der Waals surface area contributed by atoms with Gasteiger partial charge in [-0.1, -0.05) is 12.2 Å². The van der Waals surface area contributed by atoms with E-state index in [1.807, 2.05) is 6.92 Å². The molecule has 98 valence electrons. The minimum atomic E-state index is -0.0776. The number of thioether (sulfide) groups is 1. The van der Waals surface area contributed by atoms with Gasteiger partial charge in [-0.25, -0.2) is 0 Å². The number of rotatable bonds is 4. The fraction of sp³-hybridized carbons (Fsp3) is 0.818. The fourth-order valence-electron chi connectivity index (χ4n) is 2.20. The van der Waals surface area contributed by atoms with Crippen LogP contribution in [0.2, 0.25) is 0 Å². The van der Waals surface area contributed by atoms with Crippen LogP contribution in [0.1, 0.15) is 19.8 Å². The van der Waals surface area contributed by atoms with Gasteiger partial charge in [-0.05, 0) is 26.0 Å². The number of hydrogen-bond donors (Lipinski definition) is 2. The van der Waals surface area contributed by atoms with Crippen molar-refractivity contribution in [2.75, 3.05) is 26.4 Å². The predicted molar refractivity (Wildman–Crippen MR) is 77.4 cm³/mol. The molecule has 17 heavy (non-hydrogen) atoms. The molecule has 1 unspecified atom stereocenters. The zero-order chi connectivity index (χ0) is 13.1. The highest BCUT2D eigenvalue weighted by molar-refractivity contribution is 8.02. The number of carbonyl (C=O) groups excluding carboxylic acids is 1. The second-order valence-corrected chi connectivity index (χ2v) is 6.02. The summed E-state index contributed by atoms with van der Waals surface area (Å²) < 4.78 is -0.0752. The van der Waals surface area contributed by atoms with E-state index in [0.29, 0.717) is 4.99 Å². The highest BCUT2D eigenvalue weighted by Crippen LogP contribution is 2.35. The lowest BCUT2D eigenvalue weighted by Gasteiger charge is -2.41. The van der Waals surface area contributed by atoms with Crippen molar-refractivity contribution in [3.8, 4) is 0 Å². The van der Waals surface area contributed by atoms with Crippen LogP contribution in [0.4, 0.5) is 0 Å². The number of thiocarbonyl (C=S) groups is 1. The Morgan fingerprint density at radius 1 is 1.53 bits per heavy atom. The summed E-state index contributed by atoms with van der Waals surface area (Å²) in [5.41, 5.74) is 5.83. The van der Waals surface area contributed by atoms with Crippen molar-refractivity contribution in [3.05, 3.63) is 0 Å². The van der Waals surface area contributed by atoms with Crippen LogP contribution >= 0.6 is 24.0 Å². The monoisotopic (exact) mass is 275 g/mol. The molecule has 0 aromatic carbocycles. The fourth-order valence-corrected chi connectivity index (χ4v) is 3.44. The van der Waals surface area contributed by atoms with Crippen molar-refractivity contribution in [2.24, 2.45) is 5.73 Å². The van der Waals surface area contributed by atoms with Crippen LogP contribution in [0.15, 0.2) is 0 Å². The molecule has 0 bridgehead atoms. The first-order valence-corrected chi connectivity index (χ1v) is 7.41. The van der Waals surface area contributed by atoms with Crippen LogP contribution in [0.5, 0.6) is 0 Å². The third-order valence-electron chi connectivity index (χ3n) is 3.62. The van der Waals surface area contributed by atoms with Crippen LogP contribution < -0.4 is 11.1 Å². The summed E-state index contributed by atoms with van der Waals surface area (Å²) >= 11 is 6.90. The molecule has 1 aliphatic heterocycles. The van der Waals surface area contributed by atoms with E-state index < -0.39 is 0 Å². The molecule has 0 aromatic heterocycles. The van der Waals surface area contributed by atoms with Gasteiger partial charge in [0, 0.05) is 20.1 Å². The third-order valence-corrected chi connectivity index (χ3v) is 5.55. The van der Waals surface area contributed by atoms with E-state index in [4.69, 9.17) is 18.0 Å². The van der Waals surface area contributed by atoms with Gasteiger partial charge in [-0.15, -0.1) is 0 Å². The molecule has 0 radical (unpaired) electrons. The highest BCUT2D eigenvalue weighted by Gasteiger charge is 2.38. The second kappa shape index (κ2) is 6.02. The Morgan fingerprint density at radius 3 is 2.41 bits per heavy atom. The van der Waals surface area contributed by atoms with Gasteiger partial charge < -0.3 is 11.1 Å². The molecular formula is C11H21N3OS2. The van der Waals surface area contributed by atoms with Crippen molar-refractivity contribution < 1.29 is 4.79 Å². The summed E-state index contributed by atoms with van der Waals surface area (Å²) in [5, 5.41) is 2.68. The van der Waals surface area contributed by atoms with Crippen LogP contribution in [-0.2, 0) is 4.79 Å². The Bertz CT molecular complexity index is 301.